The fraction of sp³-hybridized carbons (Fsp3) is 0.500. The monoisotopic (exact) mass is 244 g/mol. The highest BCUT2D eigenvalue weighted by Crippen LogP contribution is 2.16. The molecule has 0 radical (unpaired) electrons. The lowest BCUT2D eigenvalue weighted by atomic mass is 10.1. The minimum atomic E-state index is 0.263. The van der Waals surface area contributed by atoms with Crippen molar-refractivity contribution in [2.24, 2.45) is 0 Å². The molecule has 5 nitrogen and oxygen atoms in total. The van der Waals surface area contributed by atoms with Crippen molar-refractivity contribution in [2.45, 2.75) is 19.4 Å². The highest BCUT2D eigenvalue weighted by molar-refractivity contribution is 6.30. The molecule has 2 aromatic rings. The molecule has 1 aliphatic rings. The van der Waals surface area contributed by atoms with Crippen molar-refractivity contribution in [3.05, 3.63) is 18.3 Å². The van der Waals surface area contributed by atoms with Crippen molar-refractivity contribution in [2.75, 3.05) is 19.6 Å². The van der Waals surface area contributed by atoms with E-state index in [2.05, 4.69) is 21.9 Å². The number of ether oxygens (including phenoxy) is 1. The van der Waals surface area contributed by atoms with E-state index in [0.717, 1.165) is 37.3 Å². The van der Waals surface area contributed by atoms with Gasteiger partial charge in [0.2, 0.25) is 5.88 Å². The van der Waals surface area contributed by atoms with Crippen molar-refractivity contribution in [3.63, 3.8) is 0 Å². The largest absolute Gasteiger partial charge is 0.472 e. The first-order chi connectivity index (χ1) is 8.76. The van der Waals surface area contributed by atoms with Crippen LogP contribution in [0.2, 0.25) is 0 Å². The van der Waals surface area contributed by atoms with Crippen LogP contribution < -0.4 is 10.3 Å². The number of imidazole rings is 1. The highest BCUT2D eigenvalue weighted by Gasteiger charge is 2.23. The van der Waals surface area contributed by atoms with Gasteiger partial charge in [-0.3, -0.25) is 4.90 Å². The predicted octanol–water partition coefficient (Wildman–Crippen LogP) is -0.539. The van der Waals surface area contributed by atoms with E-state index in [4.69, 9.17) is 4.74 Å². The molecule has 0 bridgehead atoms. The second-order valence-corrected chi connectivity index (χ2v) is 4.76. The molecule has 0 aliphatic carbocycles. The molecule has 1 fully saturated rings. The van der Waals surface area contributed by atoms with Crippen LogP contribution in [-0.4, -0.2) is 53.1 Å². The Morgan fingerprint density at radius 2 is 2.39 bits per heavy atom. The lowest BCUT2D eigenvalue weighted by molar-refractivity contribution is 0.192. The number of likely N-dealkylation sites (N-methyl/N-ethyl adjacent to an activating group) is 1. The van der Waals surface area contributed by atoms with Crippen molar-refractivity contribution >= 4 is 19.1 Å². The SMILES string of the molecule is Bc1cnc2ccc(OC3CCN(CC)C3)nn12. The number of likely N-dealkylation sites (tertiary alicyclic amines) is 1. The molecule has 94 valence electrons. The van der Waals surface area contributed by atoms with Gasteiger partial charge in [0, 0.05) is 30.9 Å². The molecule has 0 saturated carbocycles. The van der Waals surface area contributed by atoms with E-state index in [1.54, 1.807) is 0 Å². The van der Waals surface area contributed by atoms with Crippen LogP contribution in [-0.2, 0) is 0 Å². The lowest BCUT2D eigenvalue weighted by Crippen LogP contribution is -2.25. The first kappa shape index (κ1) is 11.5. The predicted molar refractivity (Wildman–Crippen MR) is 72.3 cm³/mol. The average molecular weight is 244 g/mol. The summed E-state index contributed by atoms with van der Waals surface area (Å²) in [5, 5.41) is 4.46. The quantitative estimate of drug-likeness (QED) is 0.680. The Balaban J connectivity index is 1.76. The third kappa shape index (κ3) is 2.08. The number of aromatic nitrogens is 3. The molecule has 2 aromatic heterocycles. The van der Waals surface area contributed by atoms with Gasteiger partial charge in [-0.1, -0.05) is 6.92 Å². The summed E-state index contributed by atoms with van der Waals surface area (Å²) in [7, 11) is 1.99. The van der Waals surface area contributed by atoms with Gasteiger partial charge < -0.3 is 4.74 Å². The lowest BCUT2D eigenvalue weighted by Gasteiger charge is -2.14. The van der Waals surface area contributed by atoms with Crippen LogP contribution in [0.4, 0.5) is 0 Å². The first-order valence-corrected chi connectivity index (χ1v) is 6.46. The molecule has 1 atom stereocenters. The van der Waals surface area contributed by atoms with E-state index in [1.807, 2.05) is 30.7 Å². The second kappa shape index (κ2) is 4.61. The molecule has 18 heavy (non-hydrogen) atoms. The zero-order valence-electron chi connectivity index (χ0n) is 10.8. The number of hydrogen-bond acceptors (Lipinski definition) is 4. The molecule has 0 amide bonds. The zero-order valence-corrected chi connectivity index (χ0v) is 10.8. The number of fused-ring (bicyclic) bond motifs is 1. The Kier molecular flexibility index (Phi) is 2.95. The van der Waals surface area contributed by atoms with Gasteiger partial charge in [-0.2, -0.15) is 0 Å². The first-order valence-electron chi connectivity index (χ1n) is 6.46. The van der Waals surface area contributed by atoms with E-state index in [9.17, 15) is 0 Å². The molecule has 0 N–H and O–H groups in total. The third-order valence-electron chi connectivity index (χ3n) is 3.47. The van der Waals surface area contributed by atoms with Crippen LogP contribution in [0.15, 0.2) is 18.3 Å². The number of nitrogens with zero attached hydrogens (tertiary/aromatic N) is 4. The normalized spacial score (nSPS) is 20.6. The van der Waals surface area contributed by atoms with Crippen LogP contribution >= 0.6 is 0 Å². The van der Waals surface area contributed by atoms with E-state index in [1.165, 1.54) is 0 Å². The Bertz CT molecular complexity index is 556. The molecule has 1 unspecified atom stereocenters. The smallest absolute Gasteiger partial charge is 0.232 e. The van der Waals surface area contributed by atoms with Crippen LogP contribution in [0, 0.1) is 0 Å². The fourth-order valence-electron chi connectivity index (χ4n) is 2.39. The molecule has 6 heteroatoms. The summed E-state index contributed by atoms with van der Waals surface area (Å²) in [6.07, 6.45) is 3.16. The van der Waals surface area contributed by atoms with Gasteiger partial charge in [0.05, 0.1) is 0 Å². The molecular formula is C12H17BN4O. The van der Waals surface area contributed by atoms with E-state index >= 15 is 0 Å². The summed E-state index contributed by atoms with van der Waals surface area (Å²) >= 11 is 0. The molecule has 1 aliphatic heterocycles. The topological polar surface area (TPSA) is 42.7 Å². The maximum atomic E-state index is 5.94. The minimum Gasteiger partial charge on any atom is -0.472 e. The van der Waals surface area contributed by atoms with E-state index in [0.29, 0.717) is 5.88 Å². The van der Waals surface area contributed by atoms with Crippen LogP contribution in [0.1, 0.15) is 13.3 Å². The van der Waals surface area contributed by atoms with Crippen molar-refractivity contribution < 1.29 is 4.74 Å². The summed E-state index contributed by atoms with van der Waals surface area (Å²) in [4.78, 5) is 6.65. The third-order valence-corrected chi connectivity index (χ3v) is 3.47. The Morgan fingerprint density at radius 3 is 3.17 bits per heavy atom. The fourth-order valence-corrected chi connectivity index (χ4v) is 2.39. The second-order valence-electron chi connectivity index (χ2n) is 4.76. The molecule has 3 rings (SSSR count). The van der Waals surface area contributed by atoms with Crippen molar-refractivity contribution in [1.29, 1.82) is 0 Å². The summed E-state index contributed by atoms with van der Waals surface area (Å²) < 4.78 is 7.76. The van der Waals surface area contributed by atoms with Gasteiger partial charge in [-0.25, -0.2) is 9.50 Å². The highest BCUT2D eigenvalue weighted by atomic mass is 16.5. The number of rotatable bonds is 3. The summed E-state index contributed by atoms with van der Waals surface area (Å²) in [6.45, 7) is 5.39. The van der Waals surface area contributed by atoms with Gasteiger partial charge in [0.15, 0.2) is 13.5 Å². The van der Waals surface area contributed by atoms with Gasteiger partial charge in [-0.05, 0) is 19.0 Å². The Labute approximate surface area is 107 Å². The maximum Gasteiger partial charge on any atom is 0.232 e. The molecule has 3 heterocycles. The molecular weight excluding hydrogens is 227 g/mol. The Morgan fingerprint density at radius 1 is 1.50 bits per heavy atom. The van der Waals surface area contributed by atoms with Crippen LogP contribution in [0.5, 0.6) is 5.88 Å². The standard InChI is InChI=1S/C12H17BN4O/c1-2-16-6-5-9(8-16)18-12-4-3-11-14-7-10(13)17(11)15-12/h3-4,7,9H,2,5-6,8,13H2,1H3. The average Bonchev–Trinajstić information content (AvgIpc) is 2.97. The maximum absolute atomic E-state index is 5.94. The van der Waals surface area contributed by atoms with Gasteiger partial charge in [0.1, 0.15) is 6.10 Å². The van der Waals surface area contributed by atoms with Crippen LogP contribution in [0.25, 0.3) is 5.65 Å². The molecule has 0 spiro atoms. The van der Waals surface area contributed by atoms with Crippen molar-refractivity contribution in [3.8, 4) is 5.88 Å². The molecule has 0 aromatic carbocycles. The van der Waals surface area contributed by atoms with Gasteiger partial charge in [0.25, 0.3) is 0 Å². The molecule has 1 saturated heterocycles. The zero-order chi connectivity index (χ0) is 12.5. The van der Waals surface area contributed by atoms with Crippen LogP contribution in [0.3, 0.4) is 0 Å². The Hall–Kier alpha value is -1.56. The minimum absolute atomic E-state index is 0.263. The summed E-state index contributed by atoms with van der Waals surface area (Å²) in [6, 6.07) is 3.85. The number of hydrogen-bond donors (Lipinski definition) is 0. The summed E-state index contributed by atoms with van der Waals surface area (Å²) in [5.41, 5.74) is 1.89. The van der Waals surface area contributed by atoms with E-state index in [-0.39, 0.29) is 6.10 Å². The van der Waals surface area contributed by atoms with Gasteiger partial charge in [-0.15, -0.1) is 5.10 Å². The van der Waals surface area contributed by atoms with Gasteiger partial charge >= 0.3 is 0 Å². The summed E-state index contributed by atoms with van der Waals surface area (Å²) in [5.74, 6) is 0.687. The van der Waals surface area contributed by atoms with Crippen molar-refractivity contribution in [1.82, 2.24) is 19.5 Å². The van der Waals surface area contributed by atoms with E-state index < -0.39 is 0 Å².